The van der Waals surface area contributed by atoms with Crippen molar-refractivity contribution in [2.75, 3.05) is 25.1 Å². The largest absolute Gasteiger partial charge is 0.478 e. The molecule has 0 aliphatic carbocycles. The maximum Gasteiger partial charge on any atom is 0.352 e. The Morgan fingerprint density at radius 3 is 2.74 bits per heavy atom. The second kappa shape index (κ2) is 13.2. The number of pyridine rings is 1. The highest BCUT2D eigenvalue weighted by atomic mass is 35.5. The molecule has 6 N–H and O–H groups in total. The van der Waals surface area contributed by atoms with Crippen molar-refractivity contribution < 1.29 is 38.8 Å². The number of aliphatic carboxylic acids is 2. The molecule has 0 radical (unpaired) electrons. The van der Waals surface area contributed by atoms with Crippen LogP contribution in [0.5, 0.6) is 0 Å². The van der Waals surface area contributed by atoms with E-state index in [-0.39, 0.29) is 33.2 Å². The Morgan fingerprint density at radius 2 is 2.09 bits per heavy atom. The molecule has 3 aromatic rings. The minimum Gasteiger partial charge on any atom is -0.478 e. The van der Waals surface area contributed by atoms with Crippen molar-refractivity contribution in [1.29, 1.82) is 0 Å². The molecule has 0 aromatic carbocycles. The fourth-order valence-electron chi connectivity index (χ4n) is 4.89. The molecule has 16 nitrogen and oxygen atoms in total. The van der Waals surface area contributed by atoms with Gasteiger partial charge in [0, 0.05) is 17.9 Å². The van der Waals surface area contributed by atoms with Crippen molar-refractivity contribution in [1.82, 2.24) is 30.1 Å². The summed E-state index contributed by atoms with van der Waals surface area (Å²) in [7, 11) is 1.89. The number of thiazole rings is 1. The first-order valence-corrected chi connectivity index (χ1v) is 16.2. The van der Waals surface area contributed by atoms with Crippen LogP contribution >= 0.6 is 34.7 Å². The number of carboxylic acid groups (broad SMARTS) is 2. The Labute approximate surface area is 275 Å². The molecule has 2 atom stereocenters. The zero-order valence-corrected chi connectivity index (χ0v) is 27.3. The Kier molecular flexibility index (Phi) is 9.52. The fourth-order valence-corrected chi connectivity index (χ4v) is 7.15. The van der Waals surface area contributed by atoms with Crippen LogP contribution in [-0.2, 0) is 37.1 Å². The number of nitrogen functional groups attached to an aromatic ring is 1. The lowest BCUT2D eigenvalue weighted by atomic mass is 10.0. The lowest BCUT2D eigenvalue weighted by Crippen LogP contribution is -2.71. The van der Waals surface area contributed by atoms with E-state index in [9.17, 15) is 29.4 Å². The van der Waals surface area contributed by atoms with Gasteiger partial charge in [-0.1, -0.05) is 28.1 Å². The number of anilines is 1. The van der Waals surface area contributed by atoms with E-state index in [1.54, 1.807) is 6.33 Å². The van der Waals surface area contributed by atoms with Crippen molar-refractivity contribution in [2.24, 2.45) is 5.16 Å². The number of thioether (sulfide) groups is 1. The van der Waals surface area contributed by atoms with Crippen molar-refractivity contribution in [2.45, 2.75) is 50.4 Å². The van der Waals surface area contributed by atoms with Gasteiger partial charge in [-0.25, -0.2) is 19.1 Å². The monoisotopic (exact) mass is 692 g/mol. The SMILES string of the molecule is CNCCCn1cnc2c1ccc[n+]2CC1=C(C(=O)O)N2C(=O)C(NC(=O)/C(=N\OC(C)(C)C(=O)O)c3nc(N)sc3Cl)C2SC1. The van der Waals surface area contributed by atoms with Gasteiger partial charge in [0.25, 0.3) is 11.8 Å². The van der Waals surface area contributed by atoms with Gasteiger partial charge in [-0.2, -0.15) is 0 Å². The standard InChI is InChI=1S/C27H30ClN9O7S2/c1-27(2,25(42)43)44-34-16(15-19(28)46-26(29)33-15)21(38)32-17-22(39)37-18(24(40)41)13(11-45-23(17)37)10-35-8-4-6-14-20(35)31-12-36(14)9-5-7-30-3/h4,6,8,12,17,23,30H,5,7,9-11H2,1-3H3,(H4-,29,32,33,38,40,41,42,43)/p+1/b34-16-. The van der Waals surface area contributed by atoms with E-state index in [4.69, 9.17) is 22.2 Å². The van der Waals surface area contributed by atoms with Gasteiger partial charge >= 0.3 is 17.6 Å². The van der Waals surface area contributed by atoms with E-state index in [1.807, 2.05) is 34.5 Å². The van der Waals surface area contributed by atoms with Crippen molar-refractivity contribution in [3.05, 3.63) is 46.0 Å². The molecule has 5 rings (SSSR count). The zero-order valence-electron chi connectivity index (χ0n) is 24.9. The zero-order chi connectivity index (χ0) is 33.3. The van der Waals surface area contributed by atoms with E-state index >= 15 is 0 Å². The van der Waals surface area contributed by atoms with E-state index in [2.05, 4.69) is 25.8 Å². The predicted octanol–water partition coefficient (Wildman–Crippen LogP) is 0.648. The van der Waals surface area contributed by atoms with Gasteiger partial charge in [0.15, 0.2) is 10.8 Å². The summed E-state index contributed by atoms with van der Waals surface area (Å²) in [5.74, 6) is -3.95. The second-order valence-corrected chi connectivity index (χ2v) is 13.6. The number of rotatable bonds is 13. The number of β-lactam (4-membered cyclic amide) rings is 1. The summed E-state index contributed by atoms with van der Waals surface area (Å²) in [5, 5.41) is 28.3. The summed E-state index contributed by atoms with van der Waals surface area (Å²) in [6.45, 7) is 4.25. The van der Waals surface area contributed by atoms with E-state index < -0.39 is 46.5 Å². The highest BCUT2D eigenvalue weighted by Crippen LogP contribution is 2.40. The molecule has 5 heterocycles. The summed E-state index contributed by atoms with van der Waals surface area (Å²) in [6.07, 6.45) is 4.46. The molecular formula is C27H31ClN9O7S2+. The molecular weight excluding hydrogens is 662 g/mol. The summed E-state index contributed by atoms with van der Waals surface area (Å²) in [6, 6.07) is 2.69. The minimum absolute atomic E-state index is 0.00667. The quantitative estimate of drug-likeness (QED) is 0.0548. The number of nitrogens with one attached hydrogen (secondary N) is 2. The molecule has 46 heavy (non-hydrogen) atoms. The number of carbonyl (C=O) groups is 4. The summed E-state index contributed by atoms with van der Waals surface area (Å²) in [5.41, 5.74) is 5.18. The number of amides is 2. The minimum atomic E-state index is -1.81. The smallest absolute Gasteiger partial charge is 0.352 e. The molecule has 0 saturated carbocycles. The van der Waals surface area contributed by atoms with Crippen molar-refractivity contribution in [3.63, 3.8) is 0 Å². The number of oxime groups is 1. The molecule has 2 amide bonds. The number of carbonyl (C=O) groups excluding carboxylic acids is 2. The van der Waals surface area contributed by atoms with Crippen LogP contribution in [0.15, 0.2) is 41.1 Å². The summed E-state index contributed by atoms with van der Waals surface area (Å²) >= 11 is 8.36. The normalized spacial score (nSPS) is 18.4. The molecule has 2 aliphatic rings. The van der Waals surface area contributed by atoms with Gasteiger partial charge in [-0.15, -0.1) is 11.8 Å². The third kappa shape index (κ3) is 6.37. The predicted molar refractivity (Wildman–Crippen MR) is 169 cm³/mol. The number of hydrogen-bond donors (Lipinski definition) is 5. The summed E-state index contributed by atoms with van der Waals surface area (Å²) < 4.78 is 3.87. The first-order valence-electron chi connectivity index (χ1n) is 13.9. The van der Waals surface area contributed by atoms with Gasteiger partial charge in [-0.3, -0.25) is 14.5 Å². The topological polar surface area (TPSA) is 218 Å². The number of imidazole rings is 1. The molecule has 1 saturated heterocycles. The number of halogens is 1. The first kappa shape index (κ1) is 33.1. The molecule has 2 aliphatic heterocycles. The van der Waals surface area contributed by atoms with Crippen LogP contribution in [-0.4, -0.2) is 95.5 Å². The van der Waals surface area contributed by atoms with Crippen LogP contribution < -0.4 is 20.9 Å². The third-order valence-corrected chi connectivity index (χ3v) is 9.72. The number of aryl methyl sites for hydroxylation is 1. The molecule has 2 unspecified atom stereocenters. The first-order chi connectivity index (χ1) is 21.8. The average Bonchev–Trinajstić information content (AvgIpc) is 3.57. The van der Waals surface area contributed by atoms with Crippen LogP contribution in [0, 0.1) is 0 Å². The number of nitrogens with zero attached hydrogens (tertiary/aromatic N) is 6. The van der Waals surface area contributed by atoms with Gasteiger partial charge in [0.1, 0.15) is 39.2 Å². The lowest BCUT2D eigenvalue weighted by Gasteiger charge is -2.49. The molecule has 0 spiro atoms. The lowest BCUT2D eigenvalue weighted by molar-refractivity contribution is -0.664. The molecule has 0 bridgehead atoms. The highest BCUT2D eigenvalue weighted by Gasteiger charge is 2.54. The molecule has 3 aromatic heterocycles. The summed E-state index contributed by atoms with van der Waals surface area (Å²) in [4.78, 5) is 65.7. The van der Waals surface area contributed by atoms with Crippen molar-refractivity contribution >= 4 is 80.5 Å². The number of fused-ring (bicyclic) bond motifs is 2. The molecule has 19 heteroatoms. The molecule has 244 valence electrons. The van der Waals surface area contributed by atoms with Gasteiger partial charge in [-0.05, 0) is 51.0 Å². The Morgan fingerprint density at radius 1 is 1.33 bits per heavy atom. The Bertz CT molecular complexity index is 1790. The number of nitrogens with two attached hydrogens (primary N) is 1. The Hall–Kier alpha value is -4.26. The van der Waals surface area contributed by atoms with Crippen LogP contribution in [0.3, 0.4) is 0 Å². The van der Waals surface area contributed by atoms with Gasteiger partial charge in [0.05, 0.1) is 6.20 Å². The average molecular weight is 693 g/mol. The van der Waals surface area contributed by atoms with Crippen LogP contribution in [0.2, 0.25) is 4.34 Å². The van der Waals surface area contributed by atoms with Crippen molar-refractivity contribution in [3.8, 4) is 0 Å². The Balaban J connectivity index is 1.37. The highest BCUT2D eigenvalue weighted by molar-refractivity contribution is 8.00. The number of hydrogen-bond acceptors (Lipinski definition) is 12. The second-order valence-electron chi connectivity index (χ2n) is 10.9. The van der Waals surface area contributed by atoms with Crippen LogP contribution in [0.25, 0.3) is 11.2 Å². The van der Waals surface area contributed by atoms with E-state index in [0.717, 1.165) is 41.3 Å². The maximum absolute atomic E-state index is 13.4. The van der Waals surface area contributed by atoms with E-state index in [1.165, 1.54) is 25.6 Å². The van der Waals surface area contributed by atoms with Crippen LogP contribution in [0.4, 0.5) is 5.13 Å². The third-order valence-electron chi connectivity index (χ3n) is 7.30. The van der Waals surface area contributed by atoms with Gasteiger partial charge < -0.3 is 36.0 Å². The van der Waals surface area contributed by atoms with E-state index in [0.29, 0.717) is 11.2 Å². The maximum atomic E-state index is 13.4. The van der Waals surface area contributed by atoms with Crippen LogP contribution in [0.1, 0.15) is 26.0 Å². The number of carboxylic acids is 2. The number of aromatic nitrogens is 4. The fraction of sp³-hybridized carbons (Fsp3) is 0.407. The van der Waals surface area contributed by atoms with Gasteiger partial charge in [0.2, 0.25) is 11.9 Å². The molecule has 1 fully saturated rings.